The third-order valence-electron chi connectivity index (χ3n) is 6.11. The second kappa shape index (κ2) is 8.40. The average Bonchev–Trinajstić information content (AvgIpc) is 3.28. The number of aromatic nitrogens is 1. The van der Waals surface area contributed by atoms with Crippen LogP contribution < -0.4 is 0 Å². The number of benzene rings is 2. The summed E-state index contributed by atoms with van der Waals surface area (Å²) in [6.07, 6.45) is 1.71. The topological polar surface area (TPSA) is 40.5 Å². The molecule has 1 aromatic heterocycles. The van der Waals surface area contributed by atoms with E-state index in [1.807, 2.05) is 31.2 Å². The highest BCUT2D eigenvalue weighted by molar-refractivity contribution is 6.30. The van der Waals surface area contributed by atoms with Crippen molar-refractivity contribution in [3.8, 4) is 0 Å². The molecule has 4 rings (SSSR count). The van der Waals surface area contributed by atoms with Crippen LogP contribution >= 0.6 is 11.6 Å². The van der Waals surface area contributed by atoms with E-state index in [1.165, 1.54) is 7.11 Å². The molecular formula is C24H25ClFNO3. The van der Waals surface area contributed by atoms with Gasteiger partial charge in [-0.2, -0.15) is 0 Å². The van der Waals surface area contributed by atoms with Crippen molar-refractivity contribution in [1.82, 2.24) is 4.57 Å². The molecule has 30 heavy (non-hydrogen) atoms. The van der Waals surface area contributed by atoms with Crippen LogP contribution in [0.15, 0.2) is 36.4 Å². The van der Waals surface area contributed by atoms with Crippen molar-refractivity contribution in [2.75, 3.05) is 14.2 Å². The Balaban J connectivity index is 1.94. The summed E-state index contributed by atoms with van der Waals surface area (Å²) in [5.74, 6) is -0.460. The molecule has 2 atom stereocenters. The molecule has 0 radical (unpaired) electrons. The summed E-state index contributed by atoms with van der Waals surface area (Å²) in [6, 6.07) is 10.9. The minimum absolute atomic E-state index is 0.0425. The van der Waals surface area contributed by atoms with Gasteiger partial charge in [0.05, 0.1) is 25.2 Å². The Morgan fingerprint density at radius 3 is 2.67 bits per heavy atom. The first-order valence-corrected chi connectivity index (χ1v) is 10.5. The van der Waals surface area contributed by atoms with Crippen molar-refractivity contribution in [2.24, 2.45) is 0 Å². The Labute approximate surface area is 180 Å². The fourth-order valence-corrected chi connectivity index (χ4v) is 4.74. The second-order valence-electron chi connectivity index (χ2n) is 7.86. The zero-order chi connectivity index (χ0) is 21.4. The van der Waals surface area contributed by atoms with E-state index in [4.69, 9.17) is 21.1 Å². The van der Waals surface area contributed by atoms with Crippen molar-refractivity contribution in [1.29, 1.82) is 0 Å². The van der Waals surface area contributed by atoms with Crippen molar-refractivity contribution in [3.63, 3.8) is 0 Å². The van der Waals surface area contributed by atoms with Crippen LogP contribution in [0.3, 0.4) is 0 Å². The number of nitrogens with zero attached hydrogens (tertiary/aromatic N) is 1. The average molecular weight is 432 g/mol. The lowest BCUT2D eigenvalue weighted by atomic mass is 10.0. The Hall–Kier alpha value is -2.37. The minimum Gasteiger partial charge on any atom is -0.469 e. The number of aryl methyl sites for hydroxylation is 1. The molecule has 0 saturated carbocycles. The predicted octanol–water partition coefficient (Wildman–Crippen LogP) is 5.78. The molecule has 0 aliphatic heterocycles. The Morgan fingerprint density at radius 1 is 1.27 bits per heavy atom. The molecule has 0 bridgehead atoms. The summed E-state index contributed by atoms with van der Waals surface area (Å²) in [4.78, 5) is 12.0. The third-order valence-corrected chi connectivity index (χ3v) is 6.37. The van der Waals surface area contributed by atoms with E-state index in [-0.39, 0.29) is 23.8 Å². The van der Waals surface area contributed by atoms with E-state index in [0.717, 1.165) is 46.1 Å². The summed E-state index contributed by atoms with van der Waals surface area (Å²) < 4.78 is 27.3. The van der Waals surface area contributed by atoms with Gasteiger partial charge in [0, 0.05) is 41.2 Å². The first kappa shape index (κ1) is 20.9. The molecular weight excluding hydrogens is 407 g/mol. The van der Waals surface area contributed by atoms with Gasteiger partial charge < -0.3 is 14.0 Å². The molecule has 1 heterocycles. The molecule has 0 amide bonds. The van der Waals surface area contributed by atoms with Gasteiger partial charge in [0.2, 0.25) is 0 Å². The Kier molecular flexibility index (Phi) is 5.85. The van der Waals surface area contributed by atoms with Crippen LogP contribution in [0.2, 0.25) is 5.02 Å². The Bertz CT molecular complexity index is 1090. The highest BCUT2D eigenvalue weighted by atomic mass is 35.5. The number of ether oxygens (including phenoxy) is 2. The van der Waals surface area contributed by atoms with Crippen molar-refractivity contribution in [2.45, 2.75) is 44.8 Å². The van der Waals surface area contributed by atoms with E-state index in [2.05, 4.69) is 4.57 Å². The molecule has 3 aromatic rings. The standard InChI is InChI=1S/C24H25ClFNO3/c1-14(29-2)20-11-18(26)12-21-19-9-6-16(10-22(28)30-3)23(19)27(24(20)21)13-15-4-7-17(25)8-5-15/h4-5,7-8,11-12,14,16H,6,9-10,13H2,1-3H3/t14?,16-/m1/s1/i22+2. The summed E-state index contributed by atoms with van der Waals surface area (Å²) in [5, 5.41) is 1.59. The molecule has 0 spiro atoms. The van der Waals surface area contributed by atoms with Gasteiger partial charge in [0.15, 0.2) is 0 Å². The fraction of sp³-hybridized carbons (Fsp3) is 0.375. The lowest BCUT2D eigenvalue weighted by Crippen LogP contribution is -2.13. The number of hydrogen-bond acceptors (Lipinski definition) is 3. The van der Waals surface area contributed by atoms with Crippen LogP contribution in [0.4, 0.5) is 4.39 Å². The SMILES string of the molecule is COC(C)c1cc(F)cc2c3c(n(Cc4ccc(Cl)cc4)c12)[C@@H](C[14C](=O)OC)CC3. The summed E-state index contributed by atoms with van der Waals surface area (Å²) >= 11 is 6.07. The smallest absolute Gasteiger partial charge is 0.306 e. The molecule has 0 N–H and O–H groups in total. The number of esters is 1. The molecule has 4 nitrogen and oxygen atoms in total. The largest absolute Gasteiger partial charge is 0.469 e. The molecule has 158 valence electrons. The van der Waals surface area contributed by atoms with Crippen molar-refractivity contribution < 1.29 is 18.7 Å². The third kappa shape index (κ3) is 3.72. The summed E-state index contributed by atoms with van der Waals surface area (Å²) in [5.41, 5.74) is 5.09. The first-order chi connectivity index (χ1) is 14.4. The lowest BCUT2D eigenvalue weighted by Gasteiger charge is -2.19. The minimum atomic E-state index is -0.274. The van der Waals surface area contributed by atoms with Crippen molar-refractivity contribution >= 4 is 28.5 Å². The van der Waals surface area contributed by atoms with Gasteiger partial charge in [-0.3, -0.25) is 4.79 Å². The molecule has 1 aliphatic carbocycles. The summed E-state index contributed by atoms with van der Waals surface area (Å²) in [6.45, 7) is 2.53. The van der Waals surface area contributed by atoms with Crippen LogP contribution in [-0.2, 0) is 27.2 Å². The maximum atomic E-state index is 14.6. The number of hydrogen-bond donors (Lipinski definition) is 0. The van der Waals surface area contributed by atoms with Gasteiger partial charge in [0.1, 0.15) is 5.82 Å². The van der Waals surface area contributed by atoms with Gasteiger partial charge in [-0.05, 0) is 55.2 Å². The van der Waals surface area contributed by atoms with Crippen LogP contribution in [0.25, 0.3) is 10.9 Å². The maximum absolute atomic E-state index is 14.6. The van der Waals surface area contributed by atoms with Crippen LogP contribution in [0.5, 0.6) is 0 Å². The van der Waals surface area contributed by atoms with E-state index in [0.29, 0.717) is 18.0 Å². The zero-order valence-corrected chi connectivity index (χ0v) is 18.1. The number of methoxy groups -OCH3 is 2. The van der Waals surface area contributed by atoms with Gasteiger partial charge in [-0.25, -0.2) is 4.39 Å². The van der Waals surface area contributed by atoms with Crippen LogP contribution in [0, 0.1) is 5.82 Å². The second-order valence-corrected chi connectivity index (χ2v) is 8.30. The predicted molar refractivity (Wildman–Crippen MR) is 116 cm³/mol. The number of carbonyl (C=O) groups excluding carboxylic acids is 1. The highest BCUT2D eigenvalue weighted by Gasteiger charge is 2.33. The molecule has 2 aromatic carbocycles. The number of carbonyl (C=O) groups is 1. The van der Waals surface area contributed by atoms with Gasteiger partial charge in [-0.15, -0.1) is 0 Å². The van der Waals surface area contributed by atoms with E-state index >= 15 is 0 Å². The lowest BCUT2D eigenvalue weighted by molar-refractivity contribution is -0.141. The van der Waals surface area contributed by atoms with Gasteiger partial charge in [0.25, 0.3) is 0 Å². The maximum Gasteiger partial charge on any atom is 0.306 e. The monoisotopic (exact) mass is 431 g/mol. The van der Waals surface area contributed by atoms with E-state index in [1.54, 1.807) is 19.2 Å². The quantitative estimate of drug-likeness (QED) is 0.464. The number of halogens is 2. The zero-order valence-electron chi connectivity index (χ0n) is 17.4. The summed E-state index contributed by atoms with van der Waals surface area (Å²) in [7, 11) is 3.04. The van der Waals surface area contributed by atoms with Crippen molar-refractivity contribution in [3.05, 3.63) is 69.6 Å². The van der Waals surface area contributed by atoms with Crippen LogP contribution in [0.1, 0.15) is 54.2 Å². The normalized spacial score (nSPS) is 16.6. The first-order valence-electron chi connectivity index (χ1n) is 10.1. The Morgan fingerprint density at radius 2 is 2.00 bits per heavy atom. The van der Waals surface area contributed by atoms with Crippen LogP contribution in [-0.4, -0.2) is 24.8 Å². The molecule has 0 saturated heterocycles. The molecule has 0 fully saturated rings. The molecule has 1 unspecified atom stereocenters. The molecule has 1 aliphatic rings. The fourth-order valence-electron chi connectivity index (χ4n) is 4.61. The van der Waals surface area contributed by atoms with E-state index < -0.39 is 0 Å². The van der Waals surface area contributed by atoms with Gasteiger partial charge in [-0.1, -0.05) is 23.7 Å². The highest BCUT2D eigenvalue weighted by Crippen LogP contribution is 2.44. The van der Waals surface area contributed by atoms with E-state index in [9.17, 15) is 9.18 Å². The molecule has 6 heteroatoms. The number of rotatable bonds is 6. The number of fused-ring (bicyclic) bond motifs is 3. The van der Waals surface area contributed by atoms with Gasteiger partial charge >= 0.3 is 5.97 Å².